The fourth-order valence-electron chi connectivity index (χ4n) is 4.51. The van der Waals surface area contributed by atoms with Crippen molar-refractivity contribution in [1.29, 1.82) is 0 Å². The molecule has 13 heteroatoms. The van der Waals surface area contributed by atoms with E-state index in [1.165, 1.54) is 0 Å². The lowest BCUT2D eigenvalue weighted by Gasteiger charge is -2.38. The van der Waals surface area contributed by atoms with E-state index >= 15 is 0 Å². The number of piperazine rings is 1. The number of aryl methyl sites for hydroxylation is 2. The average molecular weight is 566 g/mol. The third-order valence-corrected chi connectivity index (χ3v) is 7.19. The molecule has 2 atom stereocenters. The number of benzene rings is 2. The number of carbonyl (C=O) groups excluding carboxylic acids is 1. The van der Waals surface area contributed by atoms with E-state index in [1.54, 1.807) is 17.0 Å². The normalized spacial score (nSPS) is 17.3. The van der Waals surface area contributed by atoms with Crippen LogP contribution in [0.25, 0.3) is 0 Å². The van der Waals surface area contributed by atoms with Crippen molar-refractivity contribution < 1.29 is 39.6 Å². The molecule has 0 bridgehead atoms. The predicted octanol–water partition coefficient (Wildman–Crippen LogP) is 3.96. The van der Waals surface area contributed by atoms with Crippen molar-refractivity contribution in [2.45, 2.75) is 44.7 Å². The monoisotopic (exact) mass is 565 g/mol. The van der Waals surface area contributed by atoms with Gasteiger partial charge in [-0.05, 0) is 55.2 Å². The molecule has 2 aromatic carbocycles. The van der Waals surface area contributed by atoms with Crippen LogP contribution in [-0.4, -0.2) is 63.6 Å². The van der Waals surface area contributed by atoms with Crippen LogP contribution in [0.4, 0.5) is 26.3 Å². The molecule has 2 unspecified atom stereocenters. The maximum Gasteiger partial charge on any atom is 0.416 e. The molecular formula is C25H29F6N3O3S. The fourth-order valence-corrected chi connectivity index (χ4v) is 5.27. The van der Waals surface area contributed by atoms with Crippen LogP contribution in [0.2, 0.25) is 0 Å². The van der Waals surface area contributed by atoms with E-state index in [4.69, 9.17) is 0 Å². The second-order valence-corrected chi connectivity index (χ2v) is 11.3. The zero-order valence-corrected chi connectivity index (χ0v) is 21.8. The van der Waals surface area contributed by atoms with E-state index in [2.05, 4.69) is 10.0 Å². The standard InChI is InChI=1S/C25H29F6N3O3S/c1-15-4-5-17(10-16(15)2)11-21(33-38(3,36)37)22(34-8-6-32-7-9-34)23(35)18-12-19(24(26,27)28)14-20(13-18)25(29,30)31/h4-5,10,12-14,21-22,32-33H,6-9,11H2,1-3H3. The summed E-state index contributed by atoms with van der Waals surface area (Å²) in [4.78, 5) is 15.4. The smallest absolute Gasteiger partial charge is 0.314 e. The van der Waals surface area contributed by atoms with Crippen LogP contribution >= 0.6 is 0 Å². The number of sulfonamides is 1. The Morgan fingerprint density at radius 3 is 1.97 bits per heavy atom. The molecule has 210 valence electrons. The third kappa shape index (κ3) is 7.78. The van der Waals surface area contributed by atoms with Gasteiger partial charge in [0.05, 0.1) is 23.4 Å². The number of rotatable bonds is 8. The quantitative estimate of drug-likeness (QED) is 0.375. The Bertz CT molecular complexity index is 1240. The lowest BCUT2D eigenvalue weighted by atomic mass is 9.89. The minimum absolute atomic E-state index is 0.0143. The average Bonchev–Trinajstić information content (AvgIpc) is 2.80. The molecule has 2 aromatic rings. The van der Waals surface area contributed by atoms with Crippen LogP contribution in [0, 0.1) is 13.8 Å². The zero-order chi connectivity index (χ0) is 28.5. The molecule has 1 saturated heterocycles. The van der Waals surface area contributed by atoms with Gasteiger partial charge in [-0.15, -0.1) is 0 Å². The van der Waals surface area contributed by atoms with Gasteiger partial charge in [-0.2, -0.15) is 26.3 Å². The number of nitrogens with zero attached hydrogens (tertiary/aromatic N) is 1. The first-order valence-electron chi connectivity index (χ1n) is 11.8. The summed E-state index contributed by atoms with van der Waals surface area (Å²) in [7, 11) is -3.93. The Morgan fingerprint density at radius 2 is 1.50 bits per heavy atom. The number of alkyl halides is 6. The molecule has 0 amide bonds. The molecule has 1 aliphatic rings. The minimum Gasteiger partial charge on any atom is -0.314 e. The van der Waals surface area contributed by atoms with E-state index in [9.17, 15) is 39.6 Å². The van der Waals surface area contributed by atoms with Gasteiger partial charge in [0, 0.05) is 37.8 Å². The number of halogens is 6. The highest BCUT2D eigenvalue weighted by Crippen LogP contribution is 2.37. The Kier molecular flexibility index (Phi) is 8.96. The van der Waals surface area contributed by atoms with Gasteiger partial charge in [0.2, 0.25) is 10.0 Å². The van der Waals surface area contributed by atoms with E-state index in [-0.39, 0.29) is 25.6 Å². The largest absolute Gasteiger partial charge is 0.416 e. The summed E-state index contributed by atoms with van der Waals surface area (Å²) < 4.78 is 108. The van der Waals surface area contributed by atoms with Crippen molar-refractivity contribution in [3.63, 3.8) is 0 Å². The molecule has 1 heterocycles. The molecular weight excluding hydrogens is 536 g/mol. The molecule has 6 nitrogen and oxygen atoms in total. The Labute approximate surface area is 217 Å². The predicted molar refractivity (Wildman–Crippen MR) is 130 cm³/mol. The summed E-state index contributed by atoms with van der Waals surface area (Å²) >= 11 is 0. The first-order valence-corrected chi connectivity index (χ1v) is 13.7. The van der Waals surface area contributed by atoms with Crippen LogP contribution in [-0.2, 0) is 28.8 Å². The molecule has 1 fully saturated rings. The number of hydrogen-bond donors (Lipinski definition) is 2. The van der Waals surface area contributed by atoms with Crippen LogP contribution in [0.5, 0.6) is 0 Å². The molecule has 0 radical (unpaired) electrons. The van der Waals surface area contributed by atoms with Crippen molar-refractivity contribution in [3.8, 4) is 0 Å². The van der Waals surface area contributed by atoms with Gasteiger partial charge in [-0.1, -0.05) is 18.2 Å². The molecule has 1 aliphatic heterocycles. The van der Waals surface area contributed by atoms with Gasteiger partial charge in [-0.3, -0.25) is 9.69 Å². The second-order valence-electron chi connectivity index (χ2n) is 9.51. The van der Waals surface area contributed by atoms with Crippen molar-refractivity contribution in [2.75, 3.05) is 32.4 Å². The van der Waals surface area contributed by atoms with E-state index in [1.807, 2.05) is 19.9 Å². The molecule has 0 saturated carbocycles. The summed E-state index contributed by atoms with van der Waals surface area (Å²) in [5.74, 6) is -1.03. The molecule has 2 N–H and O–H groups in total. The fraction of sp³-hybridized carbons (Fsp3) is 0.480. The van der Waals surface area contributed by atoms with Crippen molar-refractivity contribution in [3.05, 3.63) is 69.8 Å². The molecule has 0 aromatic heterocycles. The lowest BCUT2D eigenvalue weighted by Crippen LogP contribution is -2.60. The summed E-state index contributed by atoms with van der Waals surface area (Å²) in [6.45, 7) is 4.99. The maximum absolute atomic E-state index is 13.8. The topological polar surface area (TPSA) is 78.5 Å². The second kappa shape index (κ2) is 11.3. The highest BCUT2D eigenvalue weighted by molar-refractivity contribution is 7.88. The minimum atomic E-state index is -5.13. The van der Waals surface area contributed by atoms with E-state index < -0.39 is 56.9 Å². The SMILES string of the molecule is Cc1ccc(CC(NS(C)(=O)=O)C(C(=O)c2cc(C(F)(F)F)cc(C(F)(F)F)c2)N2CCNCC2)cc1C. The third-order valence-electron chi connectivity index (χ3n) is 6.46. The summed E-state index contributed by atoms with van der Waals surface area (Å²) in [5, 5.41) is 3.07. The van der Waals surface area contributed by atoms with Crippen molar-refractivity contribution in [1.82, 2.24) is 14.9 Å². The molecule has 0 aliphatic carbocycles. The Morgan fingerprint density at radius 1 is 0.947 bits per heavy atom. The zero-order valence-electron chi connectivity index (χ0n) is 21.0. The molecule has 3 rings (SSSR count). The van der Waals surface area contributed by atoms with Crippen LogP contribution in [0.1, 0.15) is 38.2 Å². The van der Waals surface area contributed by atoms with E-state index in [0.29, 0.717) is 30.8 Å². The molecule has 0 spiro atoms. The van der Waals surface area contributed by atoms with Gasteiger partial charge in [0.25, 0.3) is 0 Å². The van der Waals surface area contributed by atoms with E-state index in [0.717, 1.165) is 17.4 Å². The highest BCUT2D eigenvalue weighted by Gasteiger charge is 2.41. The first-order chi connectivity index (χ1) is 17.5. The highest BCUT2D eigenvalue weighted by atomic mass is 32.2. The molecule has 38 heavy (non-hydrogen) atoms. The number of Topliss-reactive ketones (excluding diaryl/α,β-unsaturated/α-hetero) is 1. The first kappa shape index (κ1) is 30.1. The van der Waals surface area contributed by atoms with Crippen molar-refractivity contribution >= 4 is 15.8 Å². The number of hydrogen-bond acceptors (Lipinski definition) is 5. The van der Waals surface area contributed by atoms with Gasteiger partial charge < -0.3 is 5.32 Å². The van der Waals surface area contributed by atoms with Gasteiger partial charge in [0.1, 0.15) is 0 Å². The maximum atomic E-state index is 13.8. The van der Waals surface area contributed by atoms with Gasteiger partial charge in [-0.25, -0.2) is 13.1 Å². The van der Waals surface area contributed by atoms with Crippen LogP contribution < -0.4 is 10.0 Å². The lowest BCUT2D eigenvalue weighted by molar-refractivity contribution is -0.143. The van der Waals surface area contributed by atoms with Crippen molar-refractivity contribution in [2.24, 2.45) is 0 Å². The summed E-state index contributed by atoms with van der Waals surface area (Å²) in [5.41, 5.74) is -1.50. The summed E-state index contributed by atoms with van der Waals surface area (Å²) in [6.07, 6.45) is -9.40. The number of carbonyl (C=O) groups is 1. The van der Waals surface area contributed by atoms with Gasteiger partial charge >= 0.3 is 12.4 Å². The number of nitrogens with one attached hydrogen (secondary N) is 2. The summed E-state index contributed by atoms with van der Waals surface area (Å²) in [6, 6.07) is 3.56. The Hall–Kier alpha value is -2.48. The van der Waals surface area contributed by atoms with Gasteiger partial charge in [0.15, 0.2) is 5.78 Å². The van der Waals surface area contributed by atoms with Crippen LogP contribution in [0.3, 0.4) is 0 Å². The number of ketones is 1. The Balaban J connectivity index is 2.16. The van der Waals surface area contributed by atoms with Crippen LogP contribution in [0.15, 0.2) is 36.4 Å².